The molecule has 1 saturated carbocycles. The highest BCUT2D eigenvalue weighted by molar-refractivity contribution is 6.35. The molecule has 1 fully saturated rings. The van der Waals surface area contributed by atoms with Crippen molar-refractivity contribution in [3.63, 3.8) is 0 Å². The van der Waals surface area contributed by atoms with Gasteiger partial charge in [-0.25, -0.2) is 0 Å². The molecule has 0 atom stereocenters. The summed E-state index contributed by atoms with van der Waals surface area (Å²) in [6, 6.07) is 5.09. The van der Waals surface area contributed by atoms with E-state index in [0.717, 1.165) is 12.8 Å². The van der Waals surface area contributed by atoms with Crippen molar-refractivity contribution in [3.8, 4) is 0 Å². The smallest absolute Gasteiger partial charge is 0.224 e. The molecular formula is C14H17Cl2NO. The first-order chi connectivity index (χ1) is 8.65. The summed E-state index contributed by atoms with van der Waals surface area (Å²) in [7, 11) is 0. The Labute approximate surface area is 118 Å². The fraction of sp³-hybridized carbons (Fsp3) is 0.500. The Morgan fingerprint density at radius 1 is 1.22 bits per heavy atom. The third kappa shape index (κ3) is 3.89. The number of amides is 1. The Hall–Kier alpha value is -0.730. The fourth-order valence-corrected chi connectivity index (χ4v) is 2.78. The molecule has 0 heterocycles. The number of rotatable bonds is 3. The van der Waals surface area contributed by atoms with Gasteiger partial charge in [-0.2, -0.15) is 0 Å². The zero-order valence-electron chi connectivity index (χ0n) is 10.2. The Morgan fingerprint density at radius 2 is 1.94 bits per heavy atom. The van der Waals surface area contributed by atoms with Crippen LogP contribution in [0.25, 0.3) is 0 Å². The van der Waals surface area contributed by atoms with Gasteiger partial charge >= 0.3 is 0 Å². The van der Waals surface area contributed by atoms with Crippen LogP contribution in [-0.4, -0.2) is 5.91 Å². The predicted molar refractivity (Wildman–Crippen MR) is 76.3 cm³/mol. The van der Waals surface area contributed by atoms with E-state index < -0.39 is 0 Å². The van der Waals surface area contributed by atoms with Crippen LogP contribution in [0.5, 0.6) is 0 Å². The Bertz CT molecular complexity index is 428. The predicted octanol–water partition coefficient (Wildman–Crippen LogP) is 4.90. The number of hydrogen-bond donors (Lipinski definition) is 1. The van der Waals surface area contributed by atoms with Crippen molar-refractivity contribution in [3.05, 3.63) is 28.2 Å². The normalized spacial score (nSPS) is 16.6. The van der Waals surface area contributed by atoms with Crippen molar-refractivity contribution < 1.29 is 4.79 Å². The van der Waals surface area contributed by atoms with Crippen molar-refractivity contribution in [1.82, 2.24) is 0 Å². The first-order valence-corrected chi connectivity index (χ1v) is 7.15. The minimum atomic E-state index is 0.0334. The molecule has 1 amide bonds. The average molecular weight is 286 g/mol. The van der Waals surface area contributed by atoms with Gasteiger partial charge < -0.3 is 5.32 Å². The van der Waals surface area contributed by atoms with E-state index in [1.165, 1.54) is 19.3 Å². The minimum absolute atomic E-state index is 0.0334. The minimum Gasteiger partial charge on any atom is -0.325 e. The molecule has 0 bridgehead atoms. The van der Waals surface area contributed by atoms with Crippen LogP contribution < -0.4 is 5.32 Å². The van der Waals surface area contributed by atoms with E-state index in [4.69, 9.17) is 23.2 Å². The summed E-state index contributed by atoms with van der Waals surface area (Å²) in [5.74, 6) is 0.558. The van der Waals surface area contributed by atoms with Crippen LogP contribution in [0.3, 0.4) is 0 Å². The highest BCUT2D eigenvalue weighted by Gasteiger charge is 2.17. The summed E-state index contributed by atoms with van der Waals surface area (Å²) in [5, 5.41) is 3.94. The highest BCUT2D eigenvalue weighted by atomic mass is 35.5. The van der Waals surface area contributed by atoms with Crippen molar-refractivity contribution in [1.29, 1.82) is 0 Å². The Balaban J connectivity index is 1.92. The lowest BCUT2D eigenvalue weighted by molar-refractivity contribution is -0.117. The summed E-state index contributed by atoms with van der Waals surface area (Å²) in [5.41, 5.74) is 0.602. The molecule has 1 aliphatic carbocycles. The third-order valence-corrected chi connectivity index (χ3v) is 3.97. The number of anilines is 1. The molecule has 0 aromatic heterocycles. The molecule has 4 heteroatoms. The second kappa shape index (κ2) is 6.44. The summed E-state index contributed by atoms with van der Waals surface area (Å²) >= 11 is 11.9. The average Bonchev–Trinajstić information content (AvgIpc) is 2.35. The van der Waals surface area contributed by atoms with Crippen molar-refractivity contribution in [2.75, 3.05) is 5.32 Å². The van der Waals surface area contributed by atoms with Crippen LogP contribution in [0.4, 0.5) is 5.69 Å². The lowest BCUT2D eigenvalue weighted by Crippen LogP contribution is -2.18. The van der Waals surface area contributed by atoms with Gasteiger partial charge in [-0.05, 0) is 37.0 Å². The highest BCUT2D eigenvalue weighted by Crippen LogP contribution is 2.28. The van der Waals surface area contributed by atoms with E-state index >= 15 is 0 Å². The SMILES string of the molecule is O=C(CC1CCCCC1)Nc1cc(Cl)ccc1Cl. The van der Waals surface area contributed by atoms with Gasteiger partial charge in [0, 0.05) is 11.4 Å². The van der Waals surface area contributed by atoms with E-state index in [1.807, 2.05) is 0 Å². The van der Waals surface area contributed by atoms with E-state index in [2.05, 4.69) is 5.32 Å². The number of hydrogen-bond acceptors (Lipinski definition) is 1. The molecule has 2 rings (SSSR count). The molecule has 1 aromatic carbocycles. The Kier molecular flexibility index (Phi) is 4.90. The second-order valence-corrected chi connectivity index (χ2v) is 5.72. The number of benzene rings is 1. The first kappa shape index (κ1) is 13.7. The molecule has 1 N–H and O–H groups in total. The fourth-order valence-electron chi connectivity index (χ4n) is 2.45. The molecule has 18 heavy (non-hydrogen) atoms. The van der Waals surface area contributed by atoms with Gasteiger partial charge in [-0.3, -0.25) is 4.79 Å². The van der Waals surface area contributed by atoms with Crippen LogP contribution in [0.2, 0.25) is 10.0 Å². The second-order valence-electron chi connectivity index (χ2n) is 4.88. The number of halogens is 2. The lowest BCUT2D eigenvalue weighted by atomic mass is 9.87. The van der Waals surface area contributed by atoms with Crippen LogP contribution in [0.1, 0.15) is 38.5 Å². The van der Waals surface area contributed by atoms with Gasteiger partial charge in [0.25, 0.3) is 0 Å². The number of carbonyl (C=O) groups is 1. The van der Waals surface area contributed by atoms with E-state index in [9.17, 15) is 4.79 Å². The van der Waals surface area contributed by atoms with Crippen molar-refractivity contribution in [2.45, 2.75) is 38.5 Å². The summed E-state index contributed by atoms with van der Waals surface area (Å²) < 4.78 is 0. The van der Waals surface area contributed by atoms with Crippen molar-refractivity contribution in [2.24, 2.45) is 5.92 Å². The van der Waals surface area contributed by atoms with Crippen LogP contribution in [0, 0.1) is 5.92 Å². The zero-order valence-corrected chi connectivity index (χ0v) is 11.7. The summed E-state index contributed by atoms with van der Waals surface area (Å²) in [4.78, 5) is 11.9. The lowest BCUT2D eigenvalue weighted by Gasteiger charge is -2.21. The van der Waals surface area contributed by atoms with Crippen molar-refractivity contribution >= 4 is 34.8 Å². The first-order valence-electron chi connectivity index (χ1n) is 6.40. The molecular weight excluding hydrogens is 269 g/mol. The maximum atomic E-state index is 11.9. The molecule has 0 unspecified atom stereocenters. The number of carbonyl (C=O) groups excluding carboxylic acids is 1. The molecule has 2 nitrogen and oxygen atoms in total. The van der Waals surface area contributed by atoms with Gasteiger partial charge in [-0.15, -0.1) is 0 Å². The van der Waals surface area contributed by atoms with Gasteiger partial charge in [-0.1, -0.05) is 42.5 Å². The zero-order chi connectivity index (χ0) is 13.0. The largest absolute Gasteiger partial charge is 0.325 e. The van der Waals surface area contributed by atoms with E-state index in [1.54, 1.807) is 18.2 Å². The van der Waals surface area contributed by atoms with E-state index in [0.29, 0.717) is 28.1 Å². The third-order valence-electron chi connectivity index (χ3n) is 3.40. The van der Waals surface area contributed by atoms with Gasteiger partial charge in [0.05, 0.1) is 10.7 Å². The standard InChI is InChI=1S/C14H17Cl2NO/c15-11-6-7-12(16)13(9-11)17-14(18)8-10-4-2-1-3-5-10/h6-7,9-10H,1-5,8H2,(H,17,18). The maximum Gasteiger partial charge on any atom is 0.224 e. The summed E-state index contributed by atoms with van der Waals surface area (Å²) in [6.45, 7) is 0. The Morgan fingerprint density at radius 3 is 2.67 bits per heavy atom. The molecule has 0 spiro atoms. The van der Waals surface area contributed by atoms with E-state index in [-0.39, 0.29) is 5.91 Å². The molecule has 98 valence electrons. The van der Waals surface area contributed by atoms with Crippen LogP contribution in [-0.2, 0) is 4.79 Å². The topological polar surface area (TPSA) is 29.1 Å². The monoisotopic (exact) mass is 285 g/mol. The van der Waals surface area contributed by atoms with Gasteiger partial charge in [0.1, 0.15) is 0 Å². The summed E-state index contributed by atoms with van der Waals surface area (Å²) in [6.07, 6.45) is 6.71. The molecule has 0 radical (unpaired) electrons. The number of nitrogens with one attached hydrogen (secondary N) is 1. The molecule has 0 saturated heterocycles. The molecule has 1 aromatic rings. The quantitative estimate of drug-likeness (QED) is 0.841. The molecule has 0 aliphatic heterocycles. The van der Waals surface area contributed by atoms with Crippen LogP contribution >= 0.6 is 23.2 Å². The van der Waals surface area contributed by atoms with Crippen LogP contribution in [0.15, 0.2) is 18.2 Å². The van der Waals surface area contributed by atoms with Gasteiger partial charge in [0.15, 0.2) is 0 Å². The van der Waals surface area contributed by atoms with Gasteiger partial charge in [0.2, 0.25) is 5.91 Å². The molecule has 1 aliphatic rings. The maximum absolute atomic E-state index is 11.9.